The Hall–Kier alpha value is -0.610. The van der Waals surface area contributed by atoms with Gasteiger partial charge in [0.2, 0.25) is 5.91 Å². The van der Waals surface area contributed by atoms with Crippen molar-refractivity contribution >= 4 is 5.91 Å². The SMILES string of the molecule is CC(C)N(C)CCNC(=O)C1(N)CCC1. The van der Waals surface area contributed by atoms with E-state index in [1.54, 1.807) is 0 Å². The van der Waals surface area contributed by atoms with Crippen LogP contribution in [0.4, 0.5) is 0 Å². The Balaban J connectivity index is 2.17. The van der Waals surface area contributed by atoms with Gasteiger partial charge in [-0.25, -0.2) is 0 Å². The number of nitrogens with zero attached hydrogens (tertiary/aromatic N) is 1. The van der Waals surface area contributed by atoms with E-state index in [0.717, 1.165) is 25.8 Å². The summed E-state index contributed by atoms with van der Waals surface area (Å²) in [4.78, 5) is 13.8. The third-order valence-electron chi connectivity index (χ3n) is 3.33. The van der Waals surface area contributed by atoms with Crippen molar-refractivity contribution in [2.24, 2.45) is 5.73 Å². The second-order valence-corrected chi connectivity index (χ2v) is 4.84. The molecule has 0 unspecified atom stereocenters. The van der Waals surface area contributed by atoms with Gasteiger partial charge in [-0.1, -0.05) is 0 Å². The van der Waals surface area contributed by atoms with E-state index in [0.29, 0.717) is 12.6 Å². The summed E-state index contributed by atoms with van der Waals surface area (Å²) in [5, 5.41) is 2.91. The van der Waals surface area contributed by atoms with E-state index in [9.17, 15) is 4.79 Å². The third kappa shape index (κ3) is 3.18. The van der Waals surface area contributed by atoms with Gasteiger partial charge in [-0.3, -0.25) is 4.79 Å². The van der Waals surface area contributed by atoms with Gasteiger partial charge in [0.15, 0.2) is 0 Å². The first kappa shape index (κ1) is 12.5. The van der Waals surface area contributed by atoms with Crippen molar-refractivity contribution < 1.29 is 4.79 Å². The second-order valence-electron chi connectivity index (χ2n) is 4.84. The number of rotatable bonds is 5. The van der Waals surface area contributed by atoms with E-state index in [2.05, 4.69) is 31.1 Å². The molecule has 1 rings (SSSR count). The van der Waals surface area contributed by atoms with Crippen LogP contribution in [0.3, 0.4) is 0 Å². The number of amides is 1. The zero-order valence-corrected chi connectivity index (χ0v) is 10.0. The van der Waals surface area contributed by atoms with Crippen LogP contribution in [0.15, 0.2) is 0 Å². The normalized spacial score (nSPS) is 19.1. The van der Waals surface area contributed by atoms with Crippen LogP contribution in [-0.2, 0) is 4.79 Å². The first-order chi connectivity index (χ1) is 6.96. The van der Waals surface area contributed by atoms with Gasteiger partial charge in [0.05, 0.1) is 5.54 Å². The molecule has 0 bridgehead atoms. The van der Waals surface area contributed by atoms with Gasteiger partial charge >= 0.3 is 0 Å². The Morgan fingerprint density at radius 1 is 1.53 bits per heavy atom. The summed E-state index contributed by atoms with van der Waals surface area (Å²) >= 11 is 0. The van der Waals surface area contributed by atoms with Crippen LogP contribution in [0.5, 0.6) is 0 Å². The highest BCUT2D eigenvalue weighted by atomic mass is 16.2. The number of nitrogens with one attached hydrogen (secondary N) is 1. The molecule has 4 heteroatoms. The first-order valence-electron chi connectivity index (χ1n) is 5.73. The average molecular weight is 213 g/mol. The maximum Gasteiger partial charge on any atom is 0.240 e. The molecule has 0 radical (unpaired) electrons. The minimum Gasteiger partial charge on any atom is -0.353 e. The highest BCUT2D eigenvalue weighted by Gasteiger charge is 2.39. The molecule has 88 valence electrons. The Bertz CT molecular complexity index is 224. The highest BCUT2D eigenvalue weighted by Crippen LogP contribution is 2.28. The van der Waals surface area contributed by atoms with Gasteiger partial charge in [-0.05, 0) is 40.2 Å². The lowest BCUT2D eigenvalue weighted by atomic mass is 9.77. The lowest BCUT2D eigenvalue weighted by Gasteiger charge is -2.36. The highest BCUT2D eigenvalue weighted by molar-refractivity contribution is 5.86. The molecule has 3 N–H and O–H groups in total. The topological polar surface area (TPSA) is 58.4 Å². The minimum atomic E-state index is -0.559. The summed E-state index contributed by atoms with van der Waals surface area (Å²) in [5.74, 6) is 0.0194. The van der Waals surface area contributed by atoms with Gasteiger partial charge in [0.25, 0.3) is 0 Å². The maximum atomic E-state index is 11.6. The Morgan fingerprint density at radius 2 is 2.13 bits per heavy atom. The Morgan fingerprint density at radius 3 is 2.53 bits per heavy atom. The van der Waals surface area contributed by atoms with Gasteiger partial charge in [0.1, 0.15) is 0 Å². The molecule has 0 saturated heterocycles. The van der Waals surface area contributed by atoms with Crippen LogP contribution in [0.2, 0.25) is 0 Å². The van der Waals surface area contributed by atoms with E-state index in [4.69, 9.17) is 5.73 Å². The molecular formula is C11H23N3O. The van der Waals surface area contributed by atoms with Crippen molar-refractivity contribution in [2.75, 3.05) is 20.1 Å². The number of carbonyl (C=O) groups excluding carboxylic acids is 1. The lowest BCUT2D eigenvalue weighted by Crippen LogP contribution is -2.59. The fraction of sp³-hybridized carbons (Fsp3) is 0.909. The summed E-state index contributed by atoms with van der Waals surface area (Å²) in [5.41, 5.74) is 5.34. The fourth-order valence-corrected chi connectivity index (χ4v) is 1.56. The summed E-state index contributed by atoms with van der Waals surface area (Å²) in [6.45, 7) is 5.84. The number of hydrogen-bond acceptors (Lipinski definition) is 3. The van der Waals surface area contributed by atoms with E-state index in [-0.39, 0.29) is 5.91 Å². The molecule has 0 aliphatic heterocycles. The van der Waals surface area contributed by atoms with E-state index in [1.807, 2.05) is 0 Å². The molecule has 0 atom stereocenters. The van der Waals surface area contributed by atoms with Crippen molar-refractivity contribution in [1.82, 2.24) is 10.2 Å². The van der Waals surface area contributed by atoms with Crippen LogP contribution in [0.1, 0.15) is 33.1 Å². The standard InChI is InChI=1S/C11H23N3O/c1-9(2)14(3)8-7-13-10(15)11(12)5-4-6-11/h9H,4-8,12H2,1-3H3,(H,13,15). The van der Waals surface area contributed by atoms with Gasteiger partial charge in [0, 0.05) is 19.1 Å². The fourth-order valence-electron chi connectivity index (χ4n) is 1.56. The largest absolute Gasteiger partial charge is 0.353 e. The van der Waals surface area contributed by atoms with Gasteiger partial charge in [-0.2, -0.15) is 0 Å². The number of carbonyl (C=O) groups is 1. The molecule has 1 saturated carbocycles. The van der Waals surface area contributed by atoms with Crippen LogP contribution in [0, 0.1) is 0 Å². The molecule has 4 nitrogen and oxygen atoms in total. The molecule has 0 heterocycles. The molecule has 0 spiro atoms. The van der Waals surface area contributed by atoms with Crippen molar-refractivity contribution in [3.05, 3.63) is 0 Å². The lowest BCUT2D eigenvalue weighted by molar-refractivity contribution is -0.129. The first-order valence-corrected chi connectivity index (χ1v) is 5.73. The molecule has 1 aliphatic rings. The van der Waals surface area contributed by atoms with E-state index in [1.165, 1.54) is 0 Å². The summed E-state index contributed by atoms with van der Waals surface area (Å²) in [7, 11) is 2.05. The molecule has 1 aliphatic carbocycles. The predicted octanol–water partition coefficient (Wildman–Crippen LogP) is 0.324. The average Bonchev–Trinajstić information content (AvgIpc) is 2.13. The van der Waals surface area contributed by atoms with Crippen molar-refractivity contribution in [2.45, 2.75) is 44.7 Å². The second kappa shape index (κ2) is 4.94. The third-order valence-corrected chi connectivity index (χ3v) is 3.33. The zero-order valence-electron chi connectivity index (χ0n) is 10.0. The molecule has 0 aromatic carbocycles. The van der Waals surface area contributed by atoms with Crippen molar-refractivity contribution in [1.29, 1.82) is 0 Å². The van der Waals surface area contributed by atoms with Crippen LogP contribution in [0.25, 0.3) is 0 Å². The molecule has 1 amide bonds. The summed E-state index contributed by atoms with van der Waals surface area (Å²) in [6.07, 6.45) is 2.74. The molecular weight excluding hydrogens is 190 g/mol. The molecule has 0 aromatic rings. The molecule has 15 heavy (non-hydrogen) atoms. The number of likely N-dealkylation sites (N-methyl/N-ethyl adjacent to an activating group) is 1. The smallest absolute Gasteiger partial charge is 0.240 e. The van der Waals surface area contributed by atoms with Crippen molar-refractivity contribution in [3.63, 3.8) is 0 Å². The van der Waals surface area contributed by atoms with Crippen LogP contribution >= 0.6 is 0 Å². The Labute approximate surface area is 92.2 Å². The quantitative estimate of drug-likeness (QED) is 0.691. The Kier molecular flexibility index (Phi) is 4.11. The summed E-state index contributed by atoms with van der Waals surface area (Å²) < 4.78 is 0. The number of nitrogens with two attached hydrogens (primary N) is 1. The number of hydrogen-bond donors (Lipinski definition) is 2. The predicted molar refractivity (Wildman–Crippen MR) is 61.5 cm³/mol. The molecule has 1 fully saturated rings. The monoisotopic (exact) mass is 213 g/mol. The van der Waals surface area contributed by atoms with Gasteiger partial charge in [-0.15, -0.1) is 0 Å². The zero-order chi connectivity index (χ0) is 11.5. The van der Waals surface area contributed by atoms with Crippen LogP contribution < -0.4 is 11.1 Å². The van der Waals surface area contributed by atoms with E-state index >= 15 is 0 Å². The van der Waals surface area contributed by atoms with Crippen LogP contribution in [-0.4, -0.2) is 42.5 Å². The summed E-state index contributed by atoms with van der Waals surface area (Å²) in [6, 6.07) is 0.512. The minimum absolute atomic E-state index is 0.0194. The maximum absolute atomic E-state index is 11.6. The van der Waals surface area contributed by atoms with E-state index < -0.39 is 5.54 Å². The van der Waals surface area contributed by atoms with Gasteiger partial charge < -0.3 is 16.0 Å². The van der Waals surface area contributed by atoms with Crippen molar-refractivity contribution in [3.8, 4) is 0 Å². The molecule has 0 aromatic heterocycles.